The van der Waals surface area contributed by atoms with Gasteiger partial charge < -0.3 is 14.7 Å². The van der Waals surface area contributed by atoms with E-state index in [1.54, 1.807) is 29.2 Å². The molecule has 5 nitrogen and oxygen atoms in total. The van der Waals surface area contributed by atoms with Crippen LogP contribution >= 0.6 is 11.3 Å². The first-order valence-corrected chi connectivity index (χ1v) is 10.9. The van der Waals surface area contributed by atoms with Gasteiger partial charge in [-0.05, 0) is 48.1 Å². The van der Waals surface area contributed by atoms with E-state index in [4.69, 9.17) is 4.74 Å². The largest absolute Gasteiger partial charge is 0.507 e. The molecule has 2 heterocycles. The number of amides is 1. The summed E-state index contributed by atoms with van der Waals surface area (Å²) in [6.07, 6.45) is 1.72. The molecular weight excluding hydrogens is 386 g/mol. The number of aliphatic hydroxyl groups excluding tert-OH is 1. The van der Waals surface area contributed by atoms with Gasteiger partial charge in [-0.2, -0.15) is 0 Å². The Morgan fingerprint density at radius 3 is 2.52 bits per heavy atom. The highest BCUT2D eigenvalue weighted by atomic mass is 32.1. The van der Waals surface area contributed by atoms with Gasteiger partial charge in [-0.15, -0.1) is 11.3 Å². The van der Waals surface area contributed by atoms with Crippen molar-refractivity contribution in [1.29, 1.82) is 0 Å². The predicted molar refractivity (Wildman–Crippen MR) is 115 cm³/mol. The highest BCUT2D eigenvalue weighted by Gasteiger charge is 2.46. The number of thiophene rings is 1. The van der Waals surface area contributed by atoms with Crippen molar-refractivity contribution >= 4 is 28.8 Å². The summed E-state index contributed by atoms with van der Waals surface area (Å²) in [7, 11) is 0. The lowest BCUT2D eigenvalue weighted by molar-refractivity contribution is -0.139. The summed E-state index contributed by atoms with van der Waals surface area (Å²) in [6.45, 7) is 7.28. The van der Waals surface area contributed by atoms with Crippen LogP contribution in [0.15, 0.2) is 47.4 Å². The summed E-state index contributed by atoms with van der Waals surface area (Å²) in [6, 6.07) is 10.2. The van der Waals surface area contributed by atoms with Crippen LogP contribution in [0.5, 0.6) is 5.75 Å². The van der Waals surface area contributed by atoms with E-state index in [2.05, 4.69) is 13.8 Å². The number of ether oxygens (including phenoxy) is 1. The van der Waals surface area contributed by atoms with Gasteiger partial charge in [-0.1, -0.05) is 33.3 Å². The minimum Gasteiger partial charge on any atom is -0.507 e. The molecule has 6 heteroatoms. The van der Waals surface area contributed by atoms with Crippen molar-refractivity contribution in [3.05, 3.63) is 57.8 Å². The van der Waals surface area contributed by atoms with Gasteiger partial charge in [-0.3, -0.25) is 9.59 Å². The van der Waals surface area contributed by atoms with E-state index >= 15 is 0 Å². The Balaban J connectivity index is 1.97. The number of rotatable bonds is 8. The molecule has 0 aliphatic carbocycles. The van der Waals surface area contributed by atoms with Crippen molar-refractivity contribution < 1.29 is 19.4 Å². The van der Waals surface area contributed by atoms with Crippen LogP contribution in [0.4, 0.5) is 0 Å². The van der Waals surface area contributed by atoms with Crippen molar-refractivity contribution in [2.75, 3.05) is 13.2 Å². The second-order valence-corrected chi connectivity index (χ2v) is 8.57. The first-order chi connectivity index (χ1) is 13.9. The summed E-state index contributed by atoms with van der Waals surface area (Å²) in [5, 5.41) is 12.9. The van der Waals surface area contributed by atoms with E-state index < -0.39 is 17.7 Å². The molecule has 3 rings (SSSR count). The molecular formula is C23H27NO4S. The van der Waals surface area contributed by atoms with E-state index in [0.29, 0.717) is 30.4 Å². The fourth-order valence-electron chi connectivity index (χ4n) is 3.31. The summed E-state index contributed by atoms with van der Waals surface area (Å²) < 4.78 is 5.68. The summed E-state index contributed by atoms with van der Waals surface area (Å²) >= 11 is 1.48. The number of ketones is 1. The van der Waals surface area contributed by atoms with Gasteiger partial charge in [0.05, 0.1) is 18.2 Å². The van der Waals surface area contributed by atoms with Crippen molar-refractivity contribution in [3.8, 4) is 5.75 Å². The topological polar surface area (TPSA) is 66.8 Å². The van der Waals surface area contributed by atoms with Gasteiger partial charge in [0.15, 0.2) is 0 Å². The lowest BCUT2D eigenvalue weighted by atomic mass is 9.99. The zero-order valence-electron chi connectivity index (χ0n) is 17.1. The normalized spacial score (nSPS) is 18.6. The number of carbonyl (C=O) groups is 2. The molecule has 1 saturated heterocycles. The molecule has 0 spiro atoms. The van der Waals surface area contributed by atoms with E-state index in [-0.39, 0.29) is 11.3 Å². The molecule has 154 valence electrons. The number of carbonyl (C=O) groups excluding carboxylic acids is 2. The van der Waals surface area contributed by atoms with Gasteiger partial charge in [0.25, 0.3) is 11.7 Å². The molecule has 1 fully saturated rings. The molecule has 1 atom stereocenters. The number of likely N-dealkylation sites (tertiary alicyclic amines) is 1. The van der Waals surface area contributed by atoms with Crippen molar-refractivity contribution in [1.82, 2.24) is 4.90 Å². The van der Waals surface area contributed by atoms with Crippen LogP contribution in [-0.4, -0.2) is 34.8 Å². The predicted octanol–water partition coefficient (Wildman–Crippen LogP) is 5.00. The van der Waals surface area contributed by atoms with Crippen LogP contribution in [0.1, 0.15) is 50.1 Å². The Morgan fingerprint density at radius 2 is 1.93 bits per heavy atom. The number of hydrogen-bond acceptors (Lipinski definition) is 5. The molecule has 1 amide bonds. The Labute approximate surface area is 175 Å². The van der Waals surface area contributed by atoms with Crippen LogP contribution in [0.2, 0.25) is 0 Å². The van der Waals surface area contributed by atoms with Gasteiger partial charge in [0, 0.05) is 17.0 Å². The summed E-state index contributed by atoms with van der Waals surface area (Å²) in [5.74, 6) is -0.204. The lowest BCUT2D eigenvalue weighted by Crippen LogP contribution is -2.30. The second-order valence-electron chi connectivity index (χ2n) is 7.59. The number of unbranched alkanes of at least 4 members (excludes halogenated alkanes) is 1. The molecule has 0 bridgehead atoms. The van der Waals surface area contributed by atoms with Gasteiger partial charge in [0.2, 0.25) is 0 Å². The Kier molecular flexibility index (Phi) is 6.75. The summed E-state index contributed by atoms with van der Waals surface area (Å²) in [5.41, 5.74) is 0.654. The SMILES string of the molecule is CCCCN1C(=O)C(=O)/C(=C(\O)c2ccc(OCC(C)C)cc2)C1c1cccs1. The molecule has 1 aliphatic rings. The fourth-order valence-corrected chi connectivity index (χ4v) is 4.15. The van der Waals surface area contributed by atoms with Gasteiger partial charge in [-0.25, -0.2) is 0 Å². The van der Waals surface area contributed by atoms with Crippen LogP contribution in [0, 0.1) is 5.92 Å². The van der Waals surface area contributed by atoms with E-state index in [1.165, 1.54) is 11.3 Å². The maximum absolute atomic E-state index is 12.8. The average molecular weight is 414 g/mol. The van der Waals surface area contributed by atoms with E-state index in [1.807, 2.05) is 24.4 Å². The molecule has 1 aliphatic heterocycles. The fraction of sp³-hybridized carbons (Fsp3) is 0.391. The maximum Gasteiger partial charge on any atom is 0.295 e. The lowest BCUT2D eigenvalue weighted by Gasteiger charge is -2.23. The minimum atomic E-state index is -0.628. The third kappa shape index (κ3) is 4.53. The van der Waals surface area contributed by atoms with Crippen LogP contribution in [0.25, 0.3) is 5.76 Å². The maximum atomic E-state index is 12.8. The molecule has 2 aromatic rings. The van der Waals surface area contributed by atoms with Crippen LogP contribution < -0.4 is 4.74 Å². The molecule has 1 aromatic heterocycles. The standard InChI is InChI=1S/C23H27NO4S/c1-4-5-12-24-20(18-7-6-13-29-18)19(22(26)23(24)27)21(25)16-8-10-17(11-9-16)28-14-15(2)3/h6-11,13,15,20,25H,4-5,12,14H2,1-3H3/b21-19-. The Morgan fingerprint density at radius 1 is 1.21 bits per heavy atom. The quantitative estimate of drug-likeness (QED) is 0.375. The van der Waals surface area contributed by atoms with Crippen LogP contribution in [-0.2, 0) is 9.59 Å². The molecule has 29 heavy (non-hydrogen) atoms. The number of Topliss-reactive ketones (excluding diaryl/α,β-unsaturated/α-hetero) is 1. The molecule has 0 saturated carbocycles. The highest BCUT2D eigenvalue weighted by Crippen LogP contribution is 2.41. The third-order valence-corrected chi connectivity index (χ3v) is 5.74. The zero-order chi connectivity index (χ0) is 21.0. The number of aliphatic hydroxyl groups is 1. The minimum absolute atomic E-state index is 0.142. The zero-order valence-corrected chi connectivity index (χ0v) is 17.9. The molecule has 1 unspecified atom stereocenters. The Bertz CT molecular complexity index is 884. The van der Waals surface area contributed by atoms with Crippen molar-refractivity contribution in [2.45, 2.75) is 39.7 Å². The van der Waals surface area contributed by atoms with Gasteiger partial charge >= 0.3 is 0 Å². The molecule has 1 aromatic carbocycles. The van der Waals surface area contributed by atoms with Crippen molar-refractivity contribution in [2.24, 2.45) is 5.92 Å². The average Bonchev–Trinajstić information content (AvgIpc) is 3.32. The molecule has 1 N–H and O–H groups in total. The van der Waals surface area contributed by atoms with E-state index in [0.717, 1.165) is 17.7 Å². The van der Waals surface area contributed by atoms with Gasteiger partial charge in [0.1, 0.15) is 11.5 Å². The first-order valence-electron chi connectivity index (χ1n) is 9.99. The molecule has 0 radical (unpaired) electrons. The van der Waals surface area contributed by atoms with Crippen molar-refractivity contribution in [3.63, 3.8) is 0 Å². The Hall–Kier alpha value is -2.60. The summed E-state index contributed by atoms with van der Waals surface area (Å²) in [4.78, 5) is 28.0. The van der Waals surface area contributed by atoms with Crippen LogP contribution in [0.3, 0.4) is 0 Å². The third-order valence-electron chi connectivity index (χ3n) is 4.82. The number of hydrogen-bond donors (Lipinski definition) is 1. The monoisotopic (exact) mass is 413 g/mol. The highest BCUT2D eigenvalue weighted by molar-refractivity contribution is 7.10. The first kappa shape index (κ1) is 21.1. The second kappa shape index (κ2) is 9.27. The van der Waals surface area contributed by atoms with E-state index in [9.17, 15) is 14.7 Å². The number of benzene rings is 1. The number of nitrogens with zero attached hydrogens (tertiary/aromatic N) is 1. The smallest absolute Gasteiger partial charge is 0.295 e.